The van der Waals surface area contributed by atoms with Gasteiger partial charge in [0.05, 0.1) is 13.0 Å². The van der Waals surface area contributed by atoms with E-state index >= 15 is 0 Å². The van der Waals surface area contributed by atoms with Gasteiger partial charge in [-0.25, -0.2) is 4.79 Å². The lowest BCUT2D eigenvalue weighted by molar-refractivity contribution is -0.142. The van der Waals surface area contributed by atoms with Crippen molar-refractivity contribution in [3.8, 4) is 5.75 Å². The summed E-state index contributed by atoms with van der Waals surface area (Å²) < 4.78 is 5.37. The molecule has 104 valence electrons. The van der Waals surface area contributed by atoms with Crippen molar-refractivity contribution >= 4 is 11.9 Å². The molecule has 0 radical (unpaired) electrons. The van der Waals surface area contributed by atoms with Crippen LogP contribution in [0.4, 0.5) is 0 Å². The topological polar surface area (TPSA) is 75.6 Å². The molecular weight excluding hydrogens is 246 g/mol. The van der Waals surface area contributed by atoms with Gasteiger partial charge in [0.25, 0.3) is 0 Å². The fourth-order valence-corrected chi connectivity index (χ4v) is 1.59. The van der Waals surface area contributed by atoms with E-state index in [-0.39, 0.29) is 18.9 Å². The van der Waals surface area contributed by atoms with E-state index in [0.29, 0.717) is 18.6 Å². The predicted octanol–water partition coefficient (Wildman–Crippen LogP) is 1.83. The molecule has 1 aromatic rings. The van der Waals surface area contributed by atoms with Gasteiger partial charge in [-0.1, -0.05) is 31.5 Å². The van der Waals surface area contributed by atoms with Gasteiger partial charge >= 0.3 is 5.97 Å². The Bertz CT molecular complexity index is 405. The lowest BCUT2D eigenvalue weighted by atomic mass is 10.1. The zero-order chi connectivity index (χ0) is 14.1. The molecule has 0 saturated heterocycles. The molecule has 1 aromatic carbocycles. The average molecular weight is 265 g/mol. The van der Waals surface area contributed by atoms with E-state index in [4.69, 9.17) is 9.84 Å². The molecule has 0 fully saturated rings. The molecule has 0 aliphatic heterocycles. The maximum absolute atomic E-state index is 11.6. The van der Waals surface area contributed by atoms with Crippen LogP contribution in [0, 0.1) is 0 Å². The highest BCUT2D eigenvalue weighted by Gasteiger charge is 2.18. The van der Waals surface area contributed by atoms with Crippen molar-refractivity contribution in [3.63, 3.8) is 0 Å². The Hall–Kier alpha value is -2.04. The summed E-state index contributed by atoms with van der Waals surface area (Å²) in [6, 6.07) is 8.36. The lowest BCUT2D eigenvalue weighted by Crippen LogP contribution is -2.41. The van der Waals surface area contributed by atoms with Crippen LogP contribution in [0.3, 0.4) is 0 Å². The summed E-state index contributed by atoms with van der Waals surface area (Å²) in [6.45, 7) is 2.11. The highest BCUT2D eigenvalue weighted by Crippen LogP contribution is 2.08. The van der Waals surface area contributed by atoms with Crippen LogP contribution >= 0.6 is 0 Å². The number of para-hydroxylation sites is 1. The van der Waals surface area contributed by atoms with Gasteiger partial charge in [-0.3, -0.25) is 4.79 Å². The van der Waals surface area contributed by atoms with Gasteiger partial charge in [-0.15, -0.1) is 0 Å². The Morgan fingerprint density at radius 2 is 2.00 bits per heavy atom. The maximum atomic E-state index is 11.6. The number of carbonyl (C=O) groups excluding carboxylic acids is 1. The highest BCUT2D eigenvalue weighted by molar-refractivity contribution is 5.83. The Balaban J connectivity index is 2.29. The monoisotopic (exact) mass is 265 g/mol. The number of amides is 1. The summed E-state index contributed by atoms with van der Waals surface area (Å²) in [5.41, 5.74) is 0. The molecule has 5 heteroatoms. The van der Waals surface area contributed by atoms with Crippen molar-refractivity contribution in [2.75, 3.05) is 6.61 Å². The van der Waals surface area contributed by atoms with Crippen LogP contribution in [0.2, 0.25) is 0 Å². The SMILES string of the molecule is CCC[C@@H](NC(=O)CCOc1ccccc1)C(=O)O. The Kier molecular flexibility index (Phi) is 6.43. The number of aliphatic carboxylic acids is 1. The molecule has 0 aliphatic carbocycles. The standard InChI is InChI=1S/C14H19NO4/c1-2-6-12(14(17)18)15-13(16)9-10-19-11-7-4-3-5-8-11/h3-5,7-8,12H,2,6,9-10H2,1H3,(H,15,16)(H,17,18)/t12-/m1/s1. The number of hydrogen-bond acceptors (Lipinski definition) is 3. The van der Waals surface area contributed by atoms with Crippen LogP contribution in [0.25, 0.3) is 0 Å². The molecule has 0 spiro atoms. The van der Waals surface area contributed by atoms with Crippen LogP contribution in [-0.2, 0) is 9.59 Å². The highest BCUT2D eigenvalue weighted by atomic mass is 16.5. The third kappa shape index (κ3) is 5.90. The van der Waals surface area contributed by atoms with Gasteiger partial charge in [-0.2, -0.15) is 0 Å². The first-order valence-corrected chi connectivity index (χ1v) is 6.33. The second-order valence-electron chi connectivity index (χ2n) is 4.16. The first-order valence-electron chi connectivity index (χ1n) is 6.33. The minimum absolute atomic E-state index is 0.141. The van der Waals surface area contributed by atoms with Crippen LogP contribution in [-0.4, -0.2) is 29.6 Å². The quantitative estimate of drug-likeness (QED) is 0.752. The van der Waals surface area contributed by atoms with Gasteiger partial charge in [0.15, 0.2) is 0 Å². The van der Waals surface area contributed by atoms with Gasteiger partial charge in [0.1, 0.15) is 11.8 Å². The van der Waals surface area contributed by atoms with Crippen LogP contribution < -0.4 is 10.1 Å². The van der Waals surface area contributed by atoms with E-state index in [1.165, 1.54) is 0 Å². The molecule has 19 heavy (non-hydrogen) atoms. The minimum Gasteiger partial charge on any atom is -0.493 e. The van der Waals surface area contributed by atoms with Gasteiger partial charge < -0.3 is 15.2 Å². The van der Waals surface area contributed by atoms with Crippen LogP contribution in [0.1, 0.15) is 26.2 Å². The minimum atomic E-state index is -1.00. The van der Waals surface area contributed by atoms with Gasteiger partial charge in [0.2, 0.25) is 5.91 Å². The van der Waals surface area contributed by atoms with Crippen molar-refractivity contribution in [1.29, 1.82) is 0 Å². The van der Waals surface area contributed by atoms with E-state index in [0.717, 1.165) is 0 Å². The van der Waals surface area contributed by atoms with Gasteiger partial charge in [0, 0.05) is 0 Å². The van der Waals surface area contributed by atoms with Crippen molar-refractivity contribution in [1.82, 2.24) is 5.32 Å². The average Bonchev–Trinajstić information content (AvgIpc) is 2.39. The molecule has 5 nitrogen and oxygen atoms in total. The van der Waals surface area contributed by atoms with Crippen LogP contribution in [0.15, 0.2) is 30.3 Å². The summed E-state index contributed by atoms with van der Waals surface area (Å²) in [4.78, 5) is 22.4. The van der Waals surface area contributed by atoms with Crippen molar-refractivity contribution in [3.05, 3.63) is 30.3 Å². The molecule has 0 aliphatic rings. The molecule has 0 aromatic heterocycles. The number of carboxylic acids is 1. The van der Waals surface area contributed by atoms with E-state index in [1.54, 1.807) is 12.1 Å². The maximum Gasteiger partial charge on any atom is 0.326 e. The summed E-state index contributed by atoms with van der Waals surface area (Å²) >= 11 is 0. The fourth-order valence-electron chi connectivity index (χ4n) is 1.59. The lowest BCUT2D eigenvalue weighted by Gasteiger charge is -2.13. The molecule has 0 saturated carbocycles. The molecule has 1 atom stereocenters. The van der Waals surface area contributed by atoms with Crippen molar-refractivity contribution < 1.29 is 19.4 Å². The first-order chi connectivity index (χ1) is 9.13. The number of carboxylic acid groups (broad SMARTS) is 1. The molecule has 0 unspecified atom stereocenters. The number of rotatable bonds is 8. The number of ether oxygens (including phenoxy) is 1. The zero-order valence-corrected chi connectivity index (χ0v) is 11.0. The van der Waals surface area contributed by atoms with Crippen molar-refractivity contribution in [2.24, 2.45) is 0 Å². The normalized spacial score (nSPS) is 11.6. The van der Waals surface area contributed by atoms with E-state index in [9.17, 15) is 9.59 Å². The zero-order valence-electron chi connectivity index (χ0n) is 11.0. The second-order valence-corrected chi connectivity index (χ2v) is 4.16. The van der Waals surface area contributed by atoms with Gasteiger partial charge in [-0.05, 0) is 18.6 Å². The largest absolute Gasteiger partial charge is 0.493 e. The third-order valence-corrected chi connectivity index (χ3v) is 2.55. The third-order valence-electron chi connectivity index (χ3n) is 2.55. The summed E-state index contributed by atoms with van der Waals surface area (Å²) in [5.74, 6) is -0.616. The molecule has 2 N–H and O–H groups in total. The Morgan fingerprint density at radius 1 is 1.32 bits per heavy atom. The summed E-state index contributed by atoms with van der Waals surface area (Å²) in [7, 11) is 0. The summed E-state index contributed by atoms with van der Waals surface area (Å²) in [5, 5.41) is 11.4. The fraction of sp³-hybridized carbons (Fsp3) is 0.429. The molecule has 1 amide bonds. The molecule has 1 rings (SSSR count). The second kappa shape index (κ2) is 8.13. The smallest absolute Gasteiger partial charge is 0.326 e. The molecule has 0 heterocycles. The molecule has 0 bridgehead atoms. The first kappa shape index (κ1) is 15.0. The molecular formula is C14H19NO4. The Morgan fingerprint density at radius 3 is 2.58 bits per heavy atom. The van der Waals surface area contributed by atoms with Crippen LogP contribution in [0.5, 0.6) is 5.75 Å². The number of benzene rings is 1. The number of nitrogens with one attached hydrogen (secondary N) is 1. The summed E-state index contributed by atoms with van der Waals surface area (Å²) in [6.07, 6.45) is 1.28. The van der Waals surface area contributed by atoms with Crippen molar-refractivity contribution in [2.45, 2.75) is 32.2 Å². The Labute approximate surface area is 112 Å². The predicted molar refractivity (Wildman–Crippen MR) is 71.0 cm³/mol. The van der Waals surface area contributed by atoms with E-state index in [1.807, 2.05) is 25.1 Å². The number of hydrogen-bond donors (Lipinski definition) is 2. The van der Waals surface area contributed by atoms with E-state index in [2.05, 4.69) is 5.32 Å². The number of carbonyl (C=O) groups is 2. The van der Waals surface area contributed by atoms with E-state index < -0.39 is 12.0 Å².